The molecule has 4 heteroatoms. The van der Waals surface area contributed by atoms with Gasteiger partial charge in [-0.15, -0.1) is 0 Å². The maximum absolute atomic E-state index is 12.7. The number of likely N-dealkylation sites (tertiary alicyclic amines) is 1. The van der Waals surface area contributed by atoms with Crippen LogP contribution in [-0.4, -0.2) is 37.0 Å². The summed E-state index contributed by atoms with van der Waals surface area (Å²) < 4.78 is 5.59. The molecular formula is C22H28N2O2. The largest absolute Gasteiger partial charge is 0.493 e. The molecule has 0 bridgehead atoms. The van der Waals surface area contributed by atoms with Crippen molar-refractivity contribution in [3.05, 3.63) is 65.2 Å². The first kappa shape index (κ1) is 18.5. The third kappa shape index (κ3) is 4.44. The molecule has 138 valence electrons. The van der Waals surface area contributed by atoms with Crippen LogP contribution < -0.4 is 10.1 Å². The molecule has 2 aromatic carbocycles. The Kier molecular flexibility index (Phi) is 6.29. The third-order valence-electron chi connectivity index (χ3n) is 4.93. The van der Waals surface area contributed by atoms with Gasteiger partial charge in [0.1, 0.15) is 5.75 Å². The molecule has 1 unspecified atom stereocenters. The number of nitrogens with one attached hydrogen (secondary N) is 1. The van der Waals surface area contributed by atoms with Crippen LogP contribution in [0.3, 0.4) is 0 Å². The van der Waals surface area contributed by atoms with Crippen molar-refractivity contribution in [2.75, 3.05) is 26.2 Å². The highest BCUT2D eigenvalue weighted by Gasteiger charge is 2.24. The van der Waals surface area contributed by atoms with Gasteiger partial charge in [0.05, 0.1) is 18.2 Å². The molecule has 1 N–H and O–H groups in total. The zero-order valence-electron chi connectivity index (χ0n) is 15.7. The van der Waals surface area contributed by atoms with Crippen molar-refractivity contribution >= 4 is 5.91 Å². The summed E-state index contributed by atoms with van der Waals surface area (Å²) in [7, 11) is 0. The zero-order chi connectivity index (χ0) is 18.4. The number of benzene rings is 2. The van der Waals surface area contributed by atoms with Gasteiger partial charge in [0, 0.05) is 6.54 Å². The van der Waals surface area contributed by atoms with Crippen LogP contribution in [0.2, 0.25) is 0 Å². The molecule has 0 saturated carbocycles. The molecular weight excluding hydrogens is 324 g/mol. The lowest BCUT2D eigenvalue weighted by molar-refractivity contribution is 0.0934. The fourth-order valence-electron chi connectivity index (χ4n) is 3.52. The molecule has 0 aliphatic carbocycles. The van der Waals surface area contributed by atoms with Crippen molar-refractivity contribution in [2.24, 2.45) is 0 Å². The Morgan fingerprint density at radius 1 is 1.12 bits per heavy atom. The van der Waals surface area contributed by atoms with E-state index < -0.39 is 0 Å². The van der Waals surface area contributed by atoms with Gasteiger partial charge in [-0.05, 0) is 57.5 Å². The van der Waals surface area contributed by atoms with E-state index in [9.17, 15) is 4.79 Å². The number of ether oxygens (including phenoxy) is 1. The third-order valence-corrected chi connectivity index (χ3v) is 4.93. The molecule has 1 atom stereocenters. The number of nitrogens with zero attached hydrogens (tertiary/aromatic N) is 1. The van der Waals surface area contributed by atoms with Gasteiger partial charge in [-0.1, -0.05) is 42.0 Å². The molecule has 1 amide bonds. The average Bonchev–Trinajstić information content (AvgIpc) is 3.18. The summed E-state index contributed by atoms with van der Waals surface area (Å²) in [5.41, 5.74) is 3.11. The SMILES string of the molecule is CCOc1ccccc1C(=O)NCC(c1ccc(C)cc1)N1CCCC1. The quantitative estimate of drug-likeness (QED) is 0.820. The van der Waals surface area contributed by atoms with Crippen molar-refractivity contribution in [3.63, 3.8) is 0 Å². The van der Waals surface area contributed by atoms with Gasteiger partial charge in [0.15, 0.2) is 0 Å². The van der Waals surface area contributed by atoms with Crippen molar-refractivity contribution in [1.82, 2.24) is 10.2 Å². The second-order valence-corrected chi connectivity index (χ2v) is 6.81. The topological polar surface area (TPSA) is 41.6 Å². The van der Waals surface area contributed by atoms with E-state index in [2.05, 4.69) is 41.4 Å². The highest BCUT2D eigenvalue weighted by Crippen LogP contribution is 2.25. The van der Waals surface area contributed by atoms with Crippen LogP contribution in [0.4, 0.5) is 0 Å². The summed E-state index contributed by atoms with van der Waals surface area (Å²) in [5.74, 6) is 0.561. The predicted octanol–water partition coefficient (Wildman–Crippen LogP) is 3.96. The smallest absolute Gasteiger partial charge is 0.255 e. The van der Waals surface area contributed by atoms with Crippen molar-refractivity contribution < 1.29 is 9.53 Å². The zero-order valence-corrected chi connectivity index (χ0v) is 15.7. The maximum Gasteiger partial charge on any atom is 0.255 e. The van der Waals surface area contributed by atoms with Gasteiger partial charge < -0.3 is 10.1 Å². The normalized spacial score (nSPS) is 15.6. The second-order valence-electron chi connectivity index (χ2n) is 6.81. The number of rotatable bonds is 7. The number of carbonyl (C=O) groups is 1. The molecule has 26 heavy (non-hydrogen) atoms. The van der Waals surface area contributed by atoms with E-state index in [-0.39, 0.29) is 11.9 Å². The molecule has 3 rings (SSSR count). The first-order valence-corrected chi connectivity index (χ1v) is 9.49. The lowest BCUT2D eigenvalue weighted by Gasteiger charge is -2.28. The number of aryl methyl sites for hydroxylation is 1. The van der Waals surface area contributed by atoms with Gasteiger partial charge in [0.25, 0.3) is 5.91 Å². The summed E-state index contributed by atoms with van der Waals surface area (Å²) in [5, 5.41) is 3.13. The molecule has 0 aromatic heterocycles. The number of amides is 1. The lowest BCUT2D eigenvalue weighted by atomic mass is 10.0. The maximum atomic E-state index is 12.7. The van der Waals surface area contributed by atoms with Gasteiger partial charge in [0.2, 0.25) is 0 Å². The fourth-order valence-corrected chi connectivity index (χ4v) is 3.52. The molecule has 0 radical (unpaired) electrons. The summed E-state index contributed by atoms with van der Waals surface area (Å²) >= 11 is 0. The number of carbonyl (C=O) groups excluding carboxylic acids is 1. The Morgan fingerprint density at radius 2 is 1.81 bits per heavy atom. The van der Waals surface area contributed by atoms with E-state index in [0.29, 0.717) is 24.5 Å². The molecule has 0 spiro atoms. The highest BCUT2D eigenvalue weighted by atomic mass is 16.5. The molecule has 2 aromatic rings. The van der Waals surface area contributed by atoms with E-state index in [1.54, 1.807) is 0 Å². The lowest BCUT2D eigenvalue weighted by Crippen LogP contribution is -2.37. The standard InChI is InChI=1S/C22H28N2O2/c1-3-26-21-9-5-4-8-19(21)22(25)23-16-20(24-14-6-7-15-24)18-12-10-17(2)11-13-18/h4-5,8-13,20H,3,6-7,14-16H2,1-2H3,(H,23,25). The van der Waals surface area contributed by atoms with Gasteiger partial charge in [-0.3, -0.25) is 9.69 Å². The van der Waals surface area contributed by atoms with E-state index in [4.69, 9.17) is 4.74 Å². The minimum Gasteiger partial charge on any atom is -0.493 e. The van der Waals surface area contributed by atoms with Crippen molar-refractivity contribution in [1.29, 1.82) is 0 Å². The van der Waals surface area contributed by atoms with Crippen molar-refractivity contribution in [3.8, 4) is 5.75 Å². The molecule has 1 saturated heterocycles. The van der Waals surface area contributed by atoms with Crippen LogP contribution in [-0.2, 0) is 0 Å². The molecule has 1 heterocycles. The molecule has 1 fully saturated rings. The first-order valence-electron chi connectivity index (χ1n) is 9.49. The van der Waals surface area contributed by atoms with Crippen LogP contribution in [0, 0.1) is 6.92 Å². The van der Waals surface area contributed by atoms with Gasteiger partial charge in [-0.25, -0.2) is 0 Å². The monoisotopic (exact) mass is 352 g/mol. The Balaban J connectivity index is 1.73. The van der Waals surface area contributed by atoms with Crippen LogP contribution in [0.25, 0.3) is 0 Å². The Bertz CT molecular complexity index is 721. The summed E-state index contributed by atoms with van der Waals surface area (Å²) in [6, 6.07) is 16.3. The van der Waals surface area contributed by atoms with Crippen LogP contribution in [0.15, 0.2) is 48.5 Å². The highest BCUT2D eigenvalue weighted by molar-refractivity contribution is 5.96. The Hall–Kier alpha value is -2.33. The Morgan fingerprint density at radius 3 is 2.50 bits per heavy atom. The summed E-state index contributed by atoms with van der Waals surface area (Å²) in [4.78, 5) is 15.2. The van der Waals surface area contributed by atoms with Crippen molar-refractivity contribution in [2.45, 2.75) is 32.7 Å². The van der Waals surface area contributed by atoms with Crippen LogP contribution in [0.5, 0.6) is 5.75 Å². The Labute approximate surface area is 156 Å². The van der Waals surface area contributed by atoms with E-state index in [1.165, 1.54) is 24.0 Å². The molecule has 4 nitrogen and oxygen atoms in total. The average molecular weight is 352 g/mol. The minimum absolute atomic E-state index is 0.0784. The molecule has 1 aliphatic rings. The first-order chi connectivity index (χ1) is 12.7. The number of para-hydroxylation sites is 1. The predicted molar refractivity (Wildman–Crippen MR) is 105 cm³/mol. The minimum atomic E-state index is -0.0784. The summed E-state index contributed by atoms with van der Waals surface area (Å²) in [6.07, 6.45) is 2.45. The van der Waals surface area contributed by atoms with Gasteiger partial charge >= 0.3 is 0 Å². The fraction of sp³-hybridized carbons (Fsp3) is 0.409. The van der Waals surface area contributed by atoms with Gasteiger partial charge in [-0.2, -0.15) is 0 Å². The second kappa shape index (κ2) is 8.86. The van der Waals surface area contributed by atoms with E-state index in [1.807, 2.05) is 31.2 Å². The van der Waals surface area contributed by atoms with E-state index >= 15 is 0 Å². The van der Waals surface area contributed by atoms with E-state index in [0.717, 1.165) is 13.1 Å². The number of hydrogen-bond donors (Lipinski definition) is 1. The van der Waals surface area contributed by atoms with Crippen LogP contribution >= 0.6 is 0 Å². The molecule has 1 aliphatic heterocycles. The van der Waals surface area contributed by atoms with Crippen LogP contribution in [0.1, 0.15) is 47.3 Å². The summed E-state index contributed by atoms with van der Waals surface area (Å²) in [6.45, 7) is 7.34. The number of hydrogen-bond acceptors (Lipinski definition) is 3.